The monoisotopic (exact) mass is 261 g/mol. The molecule has 0 saturated heterocycles. The summed E-state index contributed by atoms with van der Waals surface area (Å²) in [5.41, 5.74) is 9.20. The Labute approximate surface area is 110 Å². The van der Waals surface area contributed by atoms with E-state index in [1.165, 1.54) is 11.3 Å². The number of hydrogen-bond donors (Lipinski definition) is 2. The fourth-order valence-electron chi connectivity index (χ4n) is 1.84. The summed E-state index contributed by atoms with van der Waals surface area (Å²) >= 11 is 1.38. The Morgan fingerprint density at radius 3 is 2.39 bits per heavy atom. The van der Waals surface area contributed by atoms with Crippen molar-refractivity contribution in [1.82, 2.24) is 4.98 Å². The lowest BCUT2D eigenvalue weighted by Crippen LogP contribution is -2.12. The summed E-state index contributed by atoms with van der Waals surface area (Å²) in [4.78, 5) is 16.7. The molecule has 0 spiro atoms. The molecule has 0 atom stereocenters. The van der Waals surface area contributed by atoms with Crippen LogP contribution in [0.4, 0.5) is 11.4 Å². The smallest absolute Gasteiger partial charge is 0.267 e. The number of benzene rings is 1. The van der Waals surface area contributed by atoms with Crippen LogP contribution in [0.3, 0.4) is 0 Å². The lowest BCUT2D eigenvalue weighted by Gasteiger charge is -2.11. The highest BCUT2D eigenvalue weighted by Gasteiger charge is 2.12. The van der Waals surface area contributed by atoms with Crippen molar-refractivity contribution in [3.8, 4) is 0 Å². The van der Waals surface area contributed by atoms with Crippen molar-refractivity contribution in [2.24, 2.45) is 0 Å². The van der Waals surface area contributed by atoms with Crippen LogP contribution >= 0.6 is 11.3 Å². The minimum Gasteiger partial charge on any atom is -0.399 e. The van der Waals surface area contributed by atoms with Gasteiger partial charge in [-0.2, -0.15) is 0 Å². The normalized spacial score (nSPS) is 10.4. The minimum atomic E-state index is -0.128. The van der Waals surface area contributed by atoms with E-state index >= 15 is 0 Å². The summed E-state index contributed by atoms with van der Waals surface area (Å²) in [5, 5.41) is 3.79. The number of nitrogen functional groups attached to an aromatic ring is 1. The predicted molar refractivity (Wildman–Crippen MR) is 75.1 cm³/mol. The molecule has 0 aliphatic heterocycles. The van der Waals surface area contributed by atoms with Crippen LogP contribution in [0.15, 0.2) is 18.3 Å². The summed E-state index contributed by atoms with van der Waals surface area (Å²) in [6.45, 7) is 5.73. The number of nitrogens with two attached hydrogens (primary N) is 1. The Balaban J connectivity index is 2.27. The van der Waals surface area contributed by atoms with Gasteiger partial charge in [0.1, 0.15) is 4.88 Å². The van der Waals surface area contributed by atoms with Crippen molar-refractivity contribution in [2.45, 2.75) is 20.8 Å². The Hall–Kier alpha value is -1.88. The van der Waals surface area contributed by atoms with Gasteiger partial charge in [0.15, 0.2) is 0 Å². The number of carbonyl (C=O) groups excluding carboxylic acids is 1. The van der Waals surface area contributed by atoms with E-state index in [2.05, 4.69) is 10.3 Å². The molecule has 5 heteroatoms. The lowest BCUT2D eigenvalue weighted by molar-refractivity contribution is 0.103. The number of nitrogens with one attached hydrogen (secondary N) is 1. The standard InChI is InChI=1S/C13H15N3OS/c1-7-4-10(14)5-8(2)12(7)16-13(17)11-6-15-9(3)18-11/h4-6H,14H2,1-3H3,(H,16,17). The third-order valence-corrected chi connectivity index (χ3v) is 3.55. The van der Waals surface area contributed by atoms with E-state index in [1.807, 2.05) is 32.9 Å². The molecule has 2 rings (SSSR count). The highest BCUT2D eigenvalue weighted by atomic mass is 32.1. The van der Waals surface area contributed by atoms with E-state index in [1.54, 1.807) is 6.20 Å². The molecule has 0 aliphatic rings. The van der Waals surface area contributed by atoms with Crippen LogP contribution in [0.25, 0.3) is 0 Å². The first-order chi connectivity index (χ1) is 8.47. The Kier molecular flexibility index (Phi) is 3.34. The maximum atomic E-state index is 12.0. The second-order valence-electron chi connectivity index (χ2n) is 4.23. The van der Waals surface area contributed by atoms with Gasteiger partial charge in [-0.05, 0) is 44.0 Å². The molecule has 1 heterocycles. The molecule has 1 aromatic carbocycles. The van der Waals surface area contributed by atoms with Crippen molar-refractivity contribution in [3.05, 3.63) is 39.3 Å². The van der Waals surface area contributed by atoms with Crippen LogP contribution in [-0.2, 0) is 0 Å². The van der Waals surface area contributed by atoms with Gasteiger partial charge in [0, 0.05) is 11.4 Å². The number of aromatic nitrogens is 1. The Morgan fingerprint density at radius 2 is 1.89 bits per heavy atom. The minimum absolute atomic E-state index is 0.128. The summed E-state index contributed by atoms with van der Waals surface area (Å²) in [6.07, 6.45) is 1.59. The van der Waals surface area contributed by atoms with Gasteiger partial charge in [0.2, 0.25) is 0 Å². The molecule has 18 heavy (non-hydrogen) atoms. The fraction of sp³-hybridized carbons (Fsp3) is 0.231. The largest absolute Gasteiger partial charge is 0.399 e. The zero-order valence-electron chi connectivity index (χ0n) is 10.6. The number of nitrogens with zero attached hydrogens (tertiary/aromatic N) is 1. The molecule has 2 aromatic rings. The van der Waals surface area contributed by atoms with Gasteiger partial charge >= 0.3 is 0 Å². The van der Waals surface area contributed by atoms with Gasteiger partial charge in [-0.3, -0.25) is 4.79 Å². The summed E-state index contributed by atoms with van der Waals surface area (Å²) < 4.78 is 0. The molecule has 1 aromatic heterocycles. The first kappa shape index (κ1) is 12.6. The fourth-order valence-corrected chi connectivity index (χ4v) is 2.51. The molecule has 94 valence electrons. The molecule has 0 bridgehead atoms. The summed E-state index contributed by atoms with van der Waals surface area (Å²) in [7, 11) is 0. The number of carbonyl (C=O) groups is 1. The van der Waals surface area contributed by atoms with E-state index in [0.717, 1.165) is 21.8 Å². The van der Waals surface area contributed by atoms with Gasteiger partial charge in [0.05, 0.1) is 11.2 Å². The number of amides is 1. The molecule has 4 nitrogen and oxygen atoms in total. The quantitative estimate of drug-likeness (QED) is 0.817. The molecule has 0 aliphatic carbocycles. The zero-order chi connectivity index (χ0) is 13.3. The second kappa shape index (κ2) is 4.78. The van der Waals surface area contributed by atoms with E-state index in [0.29, 0.717) is 10.6 Å². The summed E-state index contributed by atoms with van der Waals surface area (Å²) in [6, 6.07) is 3.70. The van der Waals surface area contributed by atoms with Crippen LogP contribution < -0.4 is 11.1 Å². The lowest BCUT2D eigenvalue weighted by atomic mass is 10.1. The third-order valence-electron chi connectivity index (χ3n) is 2.64. The molecule has 0 radical (unpaired) electrons. The first-order valence-corrected chi connectivity index (χ1v) is 6.39. The highest BCUT2D eigenvalue weighted by Crippen LogP contribution is 2.24. The van der Waals surface area contributed by atoms with Crippen LogP contribution in [0.2, 0.25) is 0 Å². The molecule has 3 N–H and O–H groups in total. The molecular weight excluding hydrogens is 246 g/mol. The summed E-state index contributed by atoms with van der Waals surface area (Å²) in [5.74, 6) is -0.128. The average Bonchev–Trinajstić information content (AvgIpc) is 2.70. The van der Waals surface area contributed by atoms with E-state index < -0.39 is 0 Å². The molecule has 0 fully saturated rings. The van der Waals surface area contributed by atoms with E-state index in [4.69, 9.17) is 5.73 Å². The van der Waals surface area contributed by atoms with Crippen molar-refractivity contribution >= 4 is 28.6 Å². The molecule has 0 unspecified atom stereocenters. The number of aryl methyl sites for hydroxylation is 3. The number of thiazole rings is 1. The SMILES string of the molecule is Cc1ncc(C(=O)Nc2c(C)cc(N)cc2C)s1. The zero-order valence-corrected chi connectivity index (χ0v) is 11.4. The Bertz CT molecular complexity index is 581. The van der Waals surface area contributed by atoms with E-state index in [-0.39, 0.29) is 5.91 Å². The van der Waals surface area contributed by atoms with Gasteiger partial charge in [0.25, 0.3) is 5.91 Å². The van der Waals surface area contributed by atoms with Crippen molar-refractivity contribution in [2.75, 3.05) is 11.1 Å². The average molecular weight is 261 g/mol. The van der Waals surface area contributed by atoms with Crippen LogP contribution in [0.5, 0.6) is 0 Å². The molecule has 0 saturated carbocycles. The van der Waals surface area contributed by atoms with Gasteiger partial charge in [-0.1, -0.05) is 0 Å². The maximum absolute atomic E-state index is 12.0. The van der Waals surface area contributed by atoms with E-state index in [9.17, 15) is 4.79 Å². The first-order valence-electron chi connectivity index (χ1n) is 5.58. The Morgan fingerprint density at radius 1 is 1.28 bits per heavy atom. The topological polar surface area (TPSA) is 68.0 Å². The van der Waals surface area contributed by atoms with Crippen LogP contribution in [-0.4, -0.2) is 10.9 Å². The van der Waals surface area contributed by atoms with Crippen molar-refractivity contribution < 1.29 is 4.79 Å². The van der Waals surface area contributed by atoms with Crippen molar-refractivity contribution in [1.29, 1.82) is 0 Å². The molecule has 1 amide bonds. The van der Waals surface area contributed by atoms with Crippen LogP contribution in [0.1, 0.15) is 25.8 Å². The number of anilines is 2. The van der Waals surface area contributed by atoms with Crippen LogP contribution in [0, 0.1) is 20.8 Å². The van der Waals surface area contributed by atoms with Gasteiger partial charge in [-0.15, -0.1) is 11.3 Å². The second-order valence-corrected chi connectivity index (χ2v) is 5.46. The number of hydrogen-bond acceptors (Lipinski definition) is 4. The molecular formula is C13H15N3OS. The van der Waals surface area contributed by atoms with Gasteiger partial charge in [-0.25, -0.2) is 4.98 Å². The van der Waals surface area contributed by atoms with Crippen molar-refractivity contribution in [3.63, 3.8) is 0 Å². The predicted octanol–water partition coefficient (Wildman–Crippen LogP) is 2.90. The number of rotatable bonds is 2. The third kappa shape index (κ3) is 2.51. The maximum Gasteiger partial charge on any atom is 0.267 e. The highest BCUT2D eigenvalue weighted by molar-refractivity contribution is 7.13. The van der Waals surface area contributed by atoms with Gasteiger partial charge < -0.3 is 11.1 Å².